The first-order valence-corrected chi connectivity index (χ1v) is 5.04. The highest BCUT2D eigenvalue weighted by molar-refractivity contribution is 7.94. The van der Waals surface area contributed by atoms with E-state index < -0.39 is 9.84 Å². The van der Waals surface area contributed by atoms with E-state index in [-0.39, 0.29) is 0 Å². The van der Waals surface area contributed by atoms with Crippen molar-refractivity contribution in [2.45, 2.75) is 12.8 Å². The van der Waals surface area contributed by atoms with Crippen LogP contribution in [-0.2, 0) is 9.84 Å². The Hall–Kier alpha value is -0.570. The van der Waals surface area contributed by atoms with Gasteiger partial charge in [-0.1, -0.05) is 18.2 Å². The molecule has 0 aromatic heterocycles. The highest BCUT2D eigenvalue weighted by atomic mass is 32.2. The van der Waals surface area contributed by atoms with Crippen molar-refractivity contribution in [2.24, 2.45) is 0 Å². The maximum absolute atomic E-state index is 10.9. The van der Waals surface area contributed by atoms with Gasteiger partial charge >= 0.3 is 0 Å². The molecular weight excluding hydrogens is 148 g/mol. The van der Waals surface area contributed by atoms with Crippen LogP contribution in [0.1, 0.15) is 12.8 Å². The van der Waals surface area contributed by atoms with Crippen LogP contribution in [0.5, 0.6) is 0 Å². The zero-order valence-electron chi connectivity index (χ0n) is 5.87. The summed E-state index contributed by atoms with van der Waals surface area (Å²) in [5.41, 5.74) is 0. The molecule has 0 aromatic rings. The smallest absolute Gasteiger partial charge is 0.171 e. The van der Waals surface area contributed by atoms with Crippen LogP contribution in [0.2, 0.25) is 0 Å². The van der Waals surface area contributed by atoms with E-state index in [0.29, 0.717) is 11.3 Å². The van der Waals surface area contributed by atoms with Gasteiger partial charge in [0.05, 0.1) is 0 Å². The molecule has 0 saturated heterocycles. The third kappa shape index (κ3) is 1.70. The SMILES string of the molecule is CS(=O)(=O)C1=CCC=CC1. The van der Waals surface area contributed by atoms with Crippen molar-refractivity contribution < 1.29 is 8.42 Å². The molecule has 2 nitrogen and oxygen atoms in total. The Bertz CT molecular complexity index is 270. The monoisotopic (exact) mass is 158 g/mol. The molecule has 3 heteroatoms. The van der Waals surface area contributed by atoms with Crippen molar-refractivity contribution in [3.63, 3.8) is 0 Å². The third-order valence-electron chi connectivity index (χ3n) is 1.44. The van der Waals surface area contributed by atoms with Gasteiger partial charge in [-0.3, -0.25) is 0 Å². The van der Waals surface area contributed by atoms with Gasteiger partial charge in [0, 0.05) is 17.6 Å². The Morgan fingerprint density at radius 1 is 1.40 bits per heavy atom. The summed E-state index contributed by atoms with van der Waals surface area (Å²) in [6.45, 7) is 0. The predicted molar refractivity (Wildman–Crippen MR) is 41.3 cm³/mol. The molecule has 56 valence electrons. The molecule has 0 spiro atoms. The second kappa shape index (κ2) is 2.58. The summed E-state index contributed by atoms with van der Waals surface area (Å²) in [7, 11) is -2.92. The van der Waals surface area contributed by atoms with Crippen LogP contribution in [0.3, 0.4) is 0 Å². The number of hydrogen-bond acceptors (Lipinski definition) is 2. The van der Waals surface area contributed by atoms with Crippen molar-refractivity contribution in [3.8, 4) is 0 Å². The third-order valence-corrected chi connectivity index (χ3v) is 2.73. The number of hydrogen-bond donors (Lipinski definition) is 0. The topological polar surface area (TPSA) is 34.1 Å². The van der Waals surface area contributed by atoms with Gasteiger partial charge in [0.15, 0.2) is 9.84 Å². The summed E-state index contributed by atoms with van der Waals surface area (Å²) in [4.78, 5) is 0.551. The van der Waals surface area contributed by atoms with Crippen LogP contribution in [0.25, 0.3) is 0 Å². The molecular formula is C7H10O2S. The zero-order chi connectivity index (χ0) is 7.61. The number of sulfone groups is 1. The van der Waals surface area contributed by atoms with Gasteiger partial charge in [-0.25, -0.2) is 8.42 Å². The van der Waals surface area contributed by atoms with Crippen LogP contribution in [0.15, 0.2) is 23.1 Å². The van der Waals surface area contributed by atoms with Crippen LogP contribution in [0, 0.1) is 0 Å². The minimum Gasteiger partial charge on any atom is -0.224 e. The van der Waals surface area contributed by atoms with Crippen LogP contribution >= 0.6 is 0 Å². The summed E-state index contributed by atoms with van der Waals surface area (Å²) in [6.07, 6.45) is 8.18. The molecule has 0 radical (unpaired) electrons. The standard InChI is InChI=1S/C7H10O2S/c1-10(8,9)7-5-3-2-4-6-7/h2-3,6H,4-5H2,1H3. The average molecular weight is 158 g/mol. The van der Waals surface area contributed by atoms with E-state index in [1.165, 1.54) is 6.26 Å². The van der Waals surface area contributed by atoms with Gasteiger partial charge < -0.3 is 0 Å². The first-order valence-electron chi connectivity index (χ1n) is 3.15. The Kier molecular flexibility index (Phi) is 1.94. The maximum Gasteiger partial charge on any atom is 0.171 e. The van der Waals surface area contributed by atoms with Crippen molar-refractivity contribution in [3.05, 3.63) is 23.1 Å². The fourth-order valence-corrected chi connectivity index (χ4v) is 1.68. The van der Waals surface area contributed by atoms with E-state index in [1.807, 2.05) is 12.2 Å². The summed E-state index contributed by atoms with van der Waals surface area (Å²) >= 11 is 0. The molecule has 0 N–H and O–H groups in total. The predicted octanol–water partition coefficient (Wildman–Crippen LogP) is 1.26. The minimum absolute atomic E-state index is 0.551. The lowest BCUT2D eigenvalue weighted by atomic mass is 10.2. The molecule has 0 atom stereocenters. The second-order valence-corrected chi connectivity index (χ2v) is 4.42. The molecule has 0 bridgehead atoms. The van der Waals surface area contributed by atoms with Crippen LogP contribution in [-0.4, -0.2) is 14.7 Å². The lowest BCUT2D eigenvalue weighted by Gasteiger charge is -2.04. The van der Waals surface area contributed by atoms with E-state index in [1.54, 1.807) is 6.08 Å². The molecule has 1 rings (SSSR count). The van der Waals surface area contributed by atoms with E-state index in [9.17, 15) is 8.42 Å². The normalized spacial score (nSPS) is 18.7. The molecule has 0 heterocycles. The average Bonchev–Trinajstić information content (AvgIpc) is 1.88. The van der Waals surface area contributed by atoms with Gasteiger partial charge in [0.2, 0.25) is 0 Å². The Morgan fingerprint density at radius 3 is 2.40 bits per heavy atom. The second-order valence-electron chi connectivity index (χ2n) is 2.35. The zero-order valence-corrected chi connectivity index (χ0v) is 6.69. The van der Waals surface area contributed by atoms with Gasteiger partial charge in [0.1, 0.15) is 0 Å². The fraction of sp³-hybridized carbons (Fsp3) is 0.429. The molecule has 0 amide bonds. The molecule has 1 aliphatic rings. The van der Waals surface area contributed by atoms with E-state index in [4.69, 9.17) is 0 Å². The summed E-state index contributed by atoms with van der Waals surface area (Å²) < 4.78 is 21.8. The number of rotatable bonds is 1. The Balaban J connectivity index is 2.86. The highest BCUT2D eigenvalue weighted by Gasteiger charge is 2.09. The molecule has 10 heavy (non-hydrogen) atoms. The van der Waals surface area contributed by atoms with Crippen LogP contribution < -0.4 is 0 Å². The number of allylic oxidation sites excluding steroid dienone is 4. The Morgan fingerprint density at radius 2 is 2.10 bits per heavy atom. The molecule has 1 aliphatic carbocycles. The van der Waals surface area contributed by atoms with Crippen molar-refractivity contribution >= 4 is 9.84 Å². The quantitative estimate of drug-likeness (QED) is 0.538. The Labute approximate surface area is 61.2 Å². The highest BCUT2D eigenvalue weighted by Crippen LogP contribution is 2.15. The lowest BCUT2D eigenvalue weighted by Crippen LogP contribution is -2.01. The molecule has 0 unspecified atom stereocenters. The summed E-state index contributed by atoms with van der Waals surface area (Å²) in [6, 6.07) is 0. The first-order chi connectivity index (χ1) is 4.61. The molecule has 0 fully saturated rings. The van der Waals surface area contributed by atoms with Gasteiger partial charge in [-0.15, -0.1) is 0 Å². The van der Waals surface area contributed by atoms with E-state index >= 15 is 0 Å². The molecule has 0 saturated carbocycles. The largest absolute Gasteiger partial charge is 0.224 e. The van der Waals surface area contributed by atoms with Gasteiger partial charge in [0.25, 0.3) is 0 Å². The first kappa shape index (κ1) is 7.54. The molecule has 0 aromatic carbocycles. The van der Waals surface area contributed by atoms with Crippen molar-refractivity contribution in [1.29, 1.82) is 0 Å². The lowest BCUT2D eigenvalue weighted by molar-refractivity contribution is 0.606. The van der Waals surface area contributed by atoms with Gasteiger partial charge in [-0.2, -0.15) is 0 Å². The minimum atomic E-state index is -2.92. The van der Waals surface area contributed by atoms with Crippen molar-refractivity contribution in [1.82, 2.24) is 0 Å². The molecule has 0 aliphatic heterocycles. The van der Waals surface area contributed by atoms with Crippen molar-refractivity contribution in [2.75, 3.05) is 6.26 Å². The van der Waals surface area contributed by atoms with E-state index in [0.717, 1.165) is 6.42 Å². The summed E-state index contributed by atoms with van der Waals surface area (Å²) in [5, 5.41) is 0. The summed E-state index contributed by atoms with van der Waals surface area (Å²) in [5.74, 6) is 0. The van der Waals surface area contributed by atoms with Crippen LogP contribution in [0.4, 0.5) is 0 Å². The van der Waals surface area contributed by atoms with Gasteiger partial charge in [-0.05, 0) is 6.42 Å². The fourth-order valence-electron chi connectivity index (χ4n) is 0.881. The van der Waals surface area contributed by atoms with E-state index in [2.05, 4.69) is 0 Å². The maximum atomic E-state index is 10.9.